The van der Waals surface area contributed by atoms with Gasteiger partial charge in [-0.1, -0.05) is 0 Å². The summed E-state index contributed by atoms with van der Waals surface area (Å²) in [5, 5.41) is 0. The molecule has 2 aliphatic rings. The van der Waals surface area contributed by atoms with Crippen molar-refractivity contribution in [2.24, 2.45) is 0 Å². The van der Waals surface area contributed by atoms with Crippen LogP contribution in [0.3, 0.4) is 0 Å². The van der Waals surface area contributed by atoms with Crippen LogP contribution in [0.25, 0.3) is 0 Å². The van der Waals surface area contributed by atoms with Crippen LogP contribution in [0.1, 0.15) is 12.8 Å². The summed E-state index contributed by atoms with van der Waals surface area (Å²) in [6.07, 6.45) is 8.16. The van der Waals surface area contributed by atoms with Crippen molar-refractivity contribution < 1.29 is 26.2 Å². The lowest BCUT2D eigenvalue weighted by Gasteiger charge is -2.40. The lowest BCUT2D eigenvalue weighted by Crippen LogP contribution is -3.00. The third kappa shape index (κ3) is 2.25. The molecular formula is C10H16BrNO. The molecule has 3 heteroatoms. The normalized spacial score (nSPS) is 25.8. The van der Waals surface area contributed by atoms with Crippen molar-refractivity contribution in [3.05, 3.63) is 0 Å². The molecule has 74 valence electrons. The highest BCUT2D eigenvalue weighted by atomic mass is 79.9. The average molecular weight is 246 g/mol. The van der Waals surface area contributed by atoms with Gasteiger partial charge in [0.1, 0.15) is 19.6 Å². The van der Waals surface area contributed by atoms with Gasteiger partial charge in [-0.25, -0.2) is 0 Å². The van der Waals surface area contributed by atoms with Gasteiger partial charge in [-0.15, -0.1) is 6.42 Å². The first-order valence-electron chi connectivity index (χ1n) is 4.74. The van der Waals surface area contributed by atoms with Crippen LogP contribution in [-0.2, 0) is 4.74 Å². The van der Waals surface area contributed by atoms with E-state index in [-0.39, 0.29) is 17.0 Å². The smallest absolute Gasteiger partial charge is 0.141 e. The molecule has 0 aromatic carbocycles. The predicted molar refractivity (Wildman–Crippen MR) is 47.5 cm³/mol. The van der Waals surface area contributed by atoms with E-state index in [1.807, 2.05) is 0 Å². The standard InChI is InChI=1S/C10H16NO.BrH/c1-2-5-11(10-3-4-10)6-8-12-9-7-11;/h1,10H,3-9H2;1H/q+1;/p-1. The molecule has 0 bridgehead atoms. The molecule has 0 unspecified atom stereocenters. The van der Waals surface area contributed by atoms with Crippen LogP contribution in [0.2, 0.25) is 0 Å². The fraction of sp³-hybridized carbons (Fsp3) is 0.800. The molecule has 0 aromatic heterocycles. The van der Waals surface area contributed by atoms with Crippen LogP contribution in [0, 0.1) is 12.3 Å². The first kappa shape index (κ1) is 11.0. The van der Waals surface area contributed by atoms with Crippen LogP contribution >= 0.6 is 0 Å². The molecule has 2 fully saturated rings. The third-order valence-electron chi connectivity index (χ3n) is 3.09. The van der Waals surface area contributed by atoms with Gasteiger partial charge in [0.05, 0.1) is 19.3 Å². The van der Waals surface area contributed by atoms with E-state index < -0.39 is 0 Å². The van der Waals surface area contributed by atoms with Crippen molar-refractivity contribution in [2.75, 3.05) is 32.8 Å². The zero-order chi connectivity index (χ0) is 8.44. The summed E-state index contributed by atoms with van der Waals surface area (Å²) in [5.41, 5.74) is 0. The largest absolute Gasteiger partial charge is 1.00 e. The summed E-state index contributed by atoms with van der Waals surface area (Å²) in [6.45, 7) is 4.98. The van der Waals surface area contributed by atoms with Gasteiger partial charge < -0.3 is 26.2 Å². The Labute approximate surface area is 90.6 Å². The van der Waals surface area contributed by atoms with Gasteiger partial charge in [-0.05, 0) is 5.92 Å². The molecule has 0 N–H and O–H groups in total. The fourth-order valence-electron chi connectivity index (χ4n) is 2.16. The third-order valence-corrected chi connectivity index (χ3v) is 3.09. The number of rotatable bonds is 2. The second kappa shape index (κ2) is 4.45. The Kier molecular flexibility index (Phi) is 3.78. The molecule has 0 amide bonds. The van der Waals surface area contributed by atoms with Crippen LogP contribution in [0.5, 0.6) is 0 Å². The van der Waals surface area contributed by atoms with E-state index in [1.165, 1.54) is 12.8 Å². The number of hydrogen-bond acceptors (Lipinski definition) is 1. The van der Waals surface area contributed by atoms with E-state index in [1.54, 1.807) is 0 Å². The van der Waals surface area contributed by atoms with Crippen LogP contribution in [0.15, 0.2) is 0 Å². The number of morpholine rings is 1. The van der Waals surface area contributed by atoms with Crippen molar-refractivity contribution in [2.45, 2.75) is 18.9 Å². The highest BCUT2D eigenvalue weighted by Crippen LogP contribution is 2.34. The predicted octanol–water partition coefficient (Wildman–Crippen LogP) is -2.37. The second-order valence-electron chi connectivity index (χ2n) is 3.87. The maximum Gasteiger partial charge on any atom is 0.141 e. The number of hydrogen-bond donors (Lipinski definition) is 0. The molecular weight excluding hydrogens is 230 g/mol. The van der Waals surface area contributed by atoms with E-state index in [9.17, 15) is 0 Å². The van der Waals surface area contributed by atoms with Gasteiger partial charge in [-0.3, -0.25) is 0 Å². The molecule has 1 heterocycles. The lowest BCUT2D eigenvalue weighted by molar-refractivity contribution is -0.938. The van der Waals surface area contributed by atoms with Crippen LogP contribution < -0.4 is 17.0 Å². The molecule has 0 radical (unpaired) electrons. The van der Waals surface area contributed by atoms with Crippen LogP contribution in [0.4, 0.5) is 0 Å². The molecule has 13 heavy (non-hydrogen) atoms. The minimum Gasteiger partial charge on any atom is -1.00 e. The summed E-state index contributed by atoms with van der Waals surface area (Å²) in [4.78, 5) is 0. The number of terminal acetylenes is 1. The Morgan fingerprint density at radius 1 is 1.31 bits per heavy atom. The Morgan fingerprint density at radius 2 is 1.92 bits per heavy atom. The SMILES string of the molecule is C#CC[N+]1(C2CC2)CCOCC1.[Br-]. The van der Waals surface area contributed by atoms with Crippen molar-refractivity contribution in [1.82, 2.24) is 0 Å². The monoisotopic (exact) mass is 245 g/mol. The molecule has 2 rings (SSSR count). The number of quaternary nitrogens is 1. The molecule has 0 spiro atoms. The summed E-state index contributed by atoms with van der Waals surface area (Å²) in [6, 6.07) is 0.866. The van der Waals surface area contributed by atoms with Crippen LogP contribution in [-0.4, -0.2) is 43.4 Å². The molecule has 0 aromatic rings. The van der Waals surface area contributed by atoms with E-state index in [0.717, 1.165) is 43.4 Å². The van der Waals surface area contributed by atoms with Crippen molar-refractivity contribution in [1.29, 1.82) is 0 Å². The van der Waals surface area contributed by atoms with E-state index in [4.69, 9.17) is 11.2 Å². The summed E-state index contributed by atoms with van der Waals surface area (Å²) in [7, 11) is 0. The van der Waals surface area contributed by atoms with Gasteiger partial charge in [0.25, 0.3) is 0 Å². The van der Waals surface area contributed by atoms with Gasteiger partial charge in [0.15, 0.2) is 0 Å². The Hall–Kier alpha value is -0.0400. The number of nitrogens with zero attached hydrogens (tertiary/aromatic N) is 1. The average Bonchev–Trinajstić information content (AvgIpc) is 2.89. The zero-order valence-electron chi connectivity index (χ0n) is 7.84. The number of ether oxygens (including phenoxy) is 1. The van der Waals surface area contributed by atoms with Crippen molar-refractivity contribution in [3.63, 3.8) is 0 Å². The first-order chi connectivity index (χ1) is 5.87. The lowest BCUT2D eigenvalue weighted by atomic mass is 10.3. The van der Waals surface area contributed by atoms with Gasteiger partial charge >= 0.3 is 0 Å². The number of halogens is 1. The molecule has 0 atom stereocenters. The van der Waals surface area contributed by atoms with E-state index >= 15 is 0 Å². The summed E-state index contributed by atoms with van der Waals surface area (Å²) in [5.74, 6) is 2.82. The summed E-state index contributed by atoms with van der Waals surface area (Å²) < 4.78 is 6.51. The Bertz CT molecular complexity index is 201. The van der Waals surface area contributed by atoms with Gasteiger partial charge in [-0.2, -0.15) is 0 Å². The quantitative estimate of drug-likeness (QED) is 0.391. The Morgan fingerprint density at radius 3 is 2.38 bits per heavy atom. The fourth-order valence-corrected chi connectivity index (χ4v) is 2.16. The van der Waals surface area contributed by atoms with Crippen molar-refractivity contribution >= 4 is 0 Å². The molecule has 2 nitrogen and oxygen atoms in total. The zero-order valence-corrected chi connectivity index (χ0v) is 9.42. The van der Waals surface area contributed by atoms with Gasteiger partial charge in [0, 0.05) is 12.8 Å². The van der Waals surface area contributed by atoms with E-state index in [0.29, 0.717) is 0 Å². The van der Waals surface area contributed by atoms with E-state index in [2.05, 4.69) is 5.92 Å². The maximum atomic E-state index is 5.40. The minimum absolute atomic E-state index is 0. The molecule has 1 aliphatic carbocycles. The minimum atomic E-state index is 0. The van der Waals surface area contributed by atoms with Gasteiger partial charge in [0.2, 0.25) is 0 Å². The maximum absolute atomic E-state index is 5.40. The molecule has 1 aliphatic heterocycles. The highest BCUT2D eigenvalue weighted by molar-refractivity contribution is 4.88. The summed E-state index contributed by atoms with van der Waals surface area (Å²) >= 11 is 0. The molecule has 1 saturated heterocycles. The highest BCUT2D eigenvalue weighted by Gasteiger charge is 2.44. The topological polar surface area (TPSA) is 9.23 Å². The second-order valence-corrected chi connectivity index (χ2v) is 3.87. The first-order valence-corrected chi connectivity index (χ1v) is 4.74. The Balaban J connectivity index is 0.000000845. The van der Waals surface area contributed by atoms with Crippen molar-refractivity contribution in [3.8, 4) is 12.3 Å². The molecule has 1 saturated carbocycles.